The SMILES string of the molecule is CCc1cccc(CC)c1NC(=O)COC(=O)c1nc(-c2ccco2)sc1C. The number of thiazole rings is 1. The highest BCUT2D eigenvalue weighted by atomic mass is 32.1. The fraction of sp³-hybridized carbons (Fsp3) is 0.286. The van der Waals surface area contributed by atoms with E-state index in [2.05, 4.69) is 10.3 Å². The number of para-hydroxylation sites is 1. The Balaban J connectivity index is 1.65. The van der Waals surface area contributed by atoms with Crippen molar-refractivity contribution in [1.29, 1.82) is 0 Å². The highest BCUT2D eigenvalue weighted by molar-refractivity contribution is 7.15. The summed E-state index contributed by atoms with van der Waals surface area (Å²) in [5, 5.41) is 3.48. The number of nitrogens with zero attached hydrogens (tertiary/aromatic N) is 1. The lowest BCUT2D eigenvalue weighted by Crippen LogP contribution is -2.22. The third-order valence-electron chi connectivity index (χ3n) is 4.32. The Morgan fingerprint density at radius 3 is 2.46 bits per heavy atom. The van der Waals surface area contributed by atoms with E-state index in [1.165, 1.54) is 11.3 Å². The van der Waals surface area contributed by atoms with Crippen LogP contribution in [0.25, 0.3) is 10.8 Å². The number of carbonyl (C=O) groups excluding carboxylic acids is 2. The Morgan fingerprint density at radius 2 is 1.86 bits per heavy atom. The number of nitrogens with one attached hydrogen (secondary N) is 1. The standard InChI is InChI=1S/C21H22N2O4S/c1-4-14-8-6-9-15(5-2)19(14)22-17(24)12-27-21(25)18-13(3)28-20(23-18)16-10-7-11-26-16/h6-11H,4-5,12H2,1-3H3,(H,22,24). The lowest BCUT2D eigenvalue weighted by Gasteiger charge is -2.14. The molecule has 0 aliphatic heterocycles. The number of aromatic nitrogens is 1. The number of esters is 1. The summed E-state index contributed by atoms with van der Waals surface area (Å²) in [5.41, 5.74) is 3.11. The molecule has 2 aromatic heterocycles. The van der Waals surface area contributed by atoms with Crippen molar-refractivity contribution in [3.63, 3.8) is 0 Å². The third-order valence-corrected chi connectivity index (χ3v) is 5.30. The molecular formula is C21H22N2O4S. The van der Waals surface area contributed by atoms with Crippen molar-refractivity contribution in [1.82, 2.24) is 4.98 Å². The maximum Gasteiger partial charge on any atom is 0.358 e. The minimum absolute atomic E-state index is 0.201. The Labute approximate surface area is 167 Å². The Bertz CT molecular complexity index is 954. The number of hydrogen-bond acceptors (Lipinski definition) is 6. The minimum Gasteiger partial charge on any atom is -0.462 e. The first kappa shape index (κ1) is 19.8. The van der Waals surface area contributed by atoms with Crippen molar-refractivity contribution >= 4 is 28.9 Å². The Hall–Kier alpha value is -2.93. The van der Waals surface area contributed by atoms with Gasteiger partial charge in [-0.1, -0.05) is 32.0 Å². The van der Waals surface area contributed by atoms with Gasteiger partial charge < -0.3 is 14.5 Å². The molecule has 0 radical (unpaired) electrons. The fourth-order valence-electron chi connectivity index (χ4n) is 2.87. The number of hydrogen-bond donors (Lipinski definition) is 1. The van der Waals surface area contributed by atoms with Crippen molar-refractivity contribution in [2.24, 2.45) is 0 Å². The molecular weight excluding hydrogens is 376 g/mol. The quantitative estimate of drug-likeness (QED) is 0.587. The van der Waals surface area contributed by atoms with Gasteiger partial charge >= 0.3 is 5.97 Å². The number of aryl methyl sites for hydroxylation is 3. The number of amides is 1. The summed E-state index contributed by atoms with van der Waals surface area (Å²) in [6.45, 7) is 5.48. The average Bonchev–Trinajstić information content (AvgIpc) is 3.36. The summed E-state index contributed by atoms with van der Waals surface area (Å²) in [6, 6.07) is 9.48. The molecule has 0 fully saturated rings. The monoisotopic (exact) mass is 398 g/mol. The predicted octanol–water partition coefficient (Wildman–Crippen LogP) is 4.63. The summed E-state index contributed by atoms with van der Waals surface area (Å²) in [5.74, 6) is -0.405. The van der Waals surface area contributed by atoms with Crippen molar-refractivity contribution in [2.45, 2.75) is 33.6 Å². The van der Waals surface area contributed by atoms with E-state index in [0.29, 0.717) is 15.6 Å². The second-order valence-electron chi connectivity index (χ2n) is 6.18. The summed E-state index contributed by atoms with van der Waals surface area (Å²) < 4.78 is 10.5. The number of benzene rings is 1. The summed E-state index contributed by atoms with van der Waals surface area (Å²) in [6.07, 6.45) is 3.15. The molecule has 1 N–H and O–H groups in total. The van der Waals surface area contributed by atoms with E-state index in [4.69, 9.17) is 9.15 Å². The maximum absolute atomic E-state index is 12.4. The maximum atomic E-state index is 12.4. The Morgan fingerprint density at radius 1 is 1.14 bits per heavy atom. The molecule has 0 atom stereocenters. The highest BCUT2D eigenvalue weighted by Gasteiger charge is 2.20. The van der Waals surface area contributed by atoms with Crippen LogP contribution in [0, 0.1) is 6.92 Å². The van der Waals surface area contributed by atoms with E-state index in [-0.39, 0.29) is 18.2 Å². The van der Waals surface area contributed by atoms with Gasteiger partial charge in [-0.05, 0) is 43.0 Å². The molecule has 1 aromatic carbocycles. The van der Waals surface area contributed by atoms with Crippen molar-refractivity contribution in [3.8, 4) is 10.8 Å². The highest BCUT2D eigenvalue weighted by Crippen LogP contribution is 2.28. The molecule has 146 valence electrons. The van der Waals surface area contributed by atoms with Crippen LogP contribution >= 0.6 is 11.3 Å². The van der Waals surface area contributed by atoms with Crippen LogP contribution in [-0.2, 0) is 22.4 Å². The molecule has 0 unspecified atom stereocenters. The zero-order valence-corrected chi connectivity index (χ0v) is 16.9. The van der Waals surface area contributed by atoms with Crippen LogP contribution in [0.2, 0.25) is 0 Å². The summed E-state index contributed by atoms with van der Waals surface area (Å²) >= 11 is 1.34. The first-order chi connectivity index (χ1) is 13.5. The second-order valence-corrected chi connectivity index (χ2v) is 7.39. The van der Waals surface area contributed by atoms with Gasteiger partial charge in [0.25, 0.3) is 5.91 Å². The van der Waals surface area contributed by atoms with Crippen LogP contribution < -0.4 is 5.32 Å². The Kier molecular flexibility index (Phi) is 6.26. The molecule has 0 saturated carbocycles. The van der Waals surface area contributed by atoms with E-state index in [9.17, 15) is 9.59 Å². The fourth-order valence-corrected chi connectivity index (χ4v) is 3.74. The van der Waals surface area contributed by atoms with Gasteiger partial charge in [0.05, 0.1) is 6.26 Å². The topological polar surface area (TPSA) is 81.4 Å². The van der Waals surface area contributed by atoms with Gasteiger partial charge in [0.2, 0.25) is 0 Å². The van der Waals surface area contributed by atoms with Crippen LogP contribution in [0.4, 0.5) is 5.69 Å². The van der Waals surface area contributed by atoms with Crippen molar-refractivity contribution in [3.05, 3.63) is 58.3 Å². The van der Waals surface area contributed by atoms with Crippen LogP contribution in [0.5, 0.6) is 0 Å². The number of anilines is 1. The van der Waals surface area contributed by atoms with Gasteiger partial charge in [-0.25, -0.2) is 9.78 Å². The third kappa shape index (κ3) is 4.31. The molecule has 7 heteroatoms. The lowest BCUT2D eigenvalue weighted by atomic mass is 10.0. The molecule has 0 saturated heterocycles. The summed E-state index contributed by atoms with van der Waals surface area (Å²) in [4.78, 5) is 29.7. The predicted molar refractivity (Wildman–Crippen MR) is 109 cm³/mol. The molecule has 0 spiro atoms. The number of ether oxygens (including phenoxy) is 1. The molecule has 0 aliphatic rings. The normalized spacial score (nSPS) is 10.7. The van der Waals surface area contributed by atoms with Crippen molar-refractivity contribution in [2.75, 3.05) is 11.9 Å². The lowest BCUT2D eigenvalue weighted by molar-refractivity contribution is -0.119. The summed E-state index contributed by atoms with van der Waals surface area (Å²) in [7, 11) is 0. The van der Waals surface area contributed by atoms with Crippen LogP contribution in [0.1, 0.15) is 40.3 Å². The zero-order chi connectivity index (χ0) is 20.1. The zero-order valence-electron chi connectivity index (χ0n) is 16.1. The molecule has 6 nitrogen and oxygen atoms in total. The van der Waals surface area contributed by atoms with Crippen LogP contribution in [-0.4, -0.2) is 23.5 Å². The van der Waals surface area contributed by atoms with E-state index in [1.807, 2.05) is 32.0 Å². The largest absolute Gasteiger partial charge is 0.462 e. The first-order valence-electron chi connectivity index (χ1n) is 9.12. The molecule has 1 amide bonds. The van der Waals surface area contributed by atoms with Gasteiger partial charge in [0.15, 0.2) is 23.1 Å². The van der Waals surface area contributed by atoms with E-state index >= 15 is 0 Å². The van der Waals surface area contributed by atoms with Crippen molar-refractivity contribution < 1.29 is 18.7 Å². The molecule has 3 rings (SSSR count). The molecule has 0 bridgehead atoms. The van der Waals surface area contributed by atoms with E-state index in [1.54, 1.807) is 25.3 Å². The molecule has 2 heterocycles. The average molecular weight is 398 g/mol. The molecule has 0 aliphatic carbocycles. The van der Waals surface area contributed by atoms with Gasteiger partial charge in [0, 0.05) is 10.6 Å². The van der Waals surface area contributed by atoms with Crippen LogP contribution in [0.3, 0.4) is 0 Å². The minimum atomic E-state index is -0.624. The van der Waals surface area contributed by atoms with E-state index < -0.39 is 5.97 Å². The number of carbonyl (C=O) groups is 2. The molecule has 3 aromatic rings. The number of furan rings is 1. The molecule has 28 heavy (non-hydrogen) atoms. The second kappa shape index (κ2) is 8.84. The van der Waals surface area contributed by atoms with Gasteiger partial charge in [-0.2, -0.15) is 0 Å². The van der Waals surface area contributed by atoms with Crippen LogP contribution in [0.15, 0.2) is 41.0 Å². The smallest absolute Gasteiger partial charge is 0.358 e. The van der Waals surface area contributed by atoms with Gasteiger partial charge in [-0.3, -0.25) is 4.79 Å². The number of rotatable bonds is 7. The van der Waals surface area contributed by atoms with Gasteiger partial charge in [-0.15, -0.1) is 11.3 Å². The van der Waals surface area contributed by atoms with E-state index in [0.717, 1.165) is 29.7 Å². The van der Waals surface area contributed by atoms with Gasteiger partial charge in [0.1, 0.15) is 0 Å². The first-order valence-corrected chi connectivity index (χ1v) is 9.94.